The van der Waals surface area contributed by atoms with E-state index in [-0.39, 0.29) is 11.2 Å². The van der Waals surface area contributed by atoms with Crippen molar-refractivity contribution in [2.45, 2.75) is 75.0 Å². The van der Waals surface area contributed by atoms with Crippen LogP contribution in [0.5, 0.6) is 0 Å². The maximum Gasteiger partial charge on any atom is 0.233 e. The highest BCUT2D eigenvalue weighted by Crippen LogP contribution is 2.30. The zero-order chi connectivity index (χ0) is 14.4. The molecule has 1 aliphatic carbocycles. The predicted octanol–water partition coefficient (Wildman–Crippen LogP) is 3.16. The standard InChI is InChI=1S/C15H26N2OS2/c16-14(19)15(9-5-2-1-3-6-10-15)17-13(18)12-8-4-7-11-20-12/h12H,1-11H2,(H2,16,19)(H,17,18). The molecule has 1 atom stereocenters. The Morgan fingerprint density at radius 3 is 2.30 bits per heavy atom. The van der Waals surface area contributed by atoms with Crippen LogP contribution in [0.2, 0.25) is 0 Å². The Balaban J connectivity index is 2.02. The number of nitrogens with one attached hydrogen (secondary N) is 1. The second-order valence-electron chi connectivity index (χ2n) is 6.06. The Hall–Kier alpha value is -0.290. The first-order valence-electron chi connectivity index (χ1n) is 7.88. The summed E-state index contributed by atoms with van der Waals surface area (Å²) >= 11 is 7.09. The Bertz CT molecular complexity index is 346. The lowest BCUT2D eigenvalue weighted by Gasteiger charge is -2.37. The van der Waals surface area contributed by atoms with E-state index in [0.29, 0.717) is 4.99 Å². The van der Waals surface area contributed by atoms with Gasteiger partial charge in [-0.25, -0.2) is 0 Å². The molecule has 114 valence electrons. The SMILES string of the molecule is NC(=S)C1(NC(=O)C2CCCCS2)CCCCCCC1. The second kappa shape index (κ2) is 7.64. The summed E-state index contributed by atoms with van der Waals surface area (Å²) in [7, 11) is 0. The van der Waals surface area contributed by atoms with Gasteiger partial charge in [0.05, 0.1) is 15.8 Å². The van der Waals surface area contributed by atoms with Crippen molar-refractivity contribution in [2.24, 2.45) is 5.73 Å². The van der Waals surface area contributed by atoms with E-state index in [2.05, 4.69) is 5.32 Å². The highest BCUT2D eigenvalue weighted by atomic mass is 32.2. The van der Waals surface area contributed by atoms with Crippen LogP contribution in [0.15, 0.2) is 0 Å². The van der Waals surface area contributed by atoms with Gasteiger partial charge in [0.15, 0.2) is 0 Å². The number of thiocarbonyl (C=S) groups is 1. The lowest BCUT2D eigenvalue weighted by atomic mass is 9.83. The van der Waals surface area contributed by atoms with E-state index >= 15 is 0 Å². The minimum Gasteiger partial charge on any atom is -0.391 e. The summed E-state index contributed by atoms with van der Waals surface area (Å²) in [6.45, 7) is 0. The molecule has 2 aliphatic rings. The predicted molar refractivity (Wildman–Crippen MR) is 90.1 cm³/mol. The van der Waals surface area contributed by atoms with Gasteiger partial charge >= 0.3 is 0 Å². The average Bonchev–Trinajstić information content (AvgIpc) is 2.42. The summed E-state index contributed by atoms with van der Waals surface area (Å²) in [4.78, 5) is 13.0. The van der Waals surface area contributed by atoms with Crippen LogP contribution in [0.1, 0.15) is 64.2 Å². The molecule has 2 rings (SSSR count). The molecule has 1 saturated heterocycles. The fourth-order valence-corrected chi connectivity index (χ4v) is 4.66. The molecule has 1 aliphatic heterocycles. The molecular weight excluding hydrogens is 288 g/mol. The molecule has 1 amide bonds. The highest BCUT2D eigenvalue weighted by Gasteiger charge is 2.37. The van der Waals surface area contributed by atoms with Crippen molar-refractivity contribution >= 4 is 34.9 Å². The van der Waals surface area contributed by atoms with Crippen LogP contribution in [-0.2, 0) is 4.79 Å². The van der Waals surface area contributed by atoms with E-state index in [0.717, 1.165) is 44.3 Å². The molecule has 1 unspecified atom stereocenters. The maximum absolute atomic E-state index is 12.5. The Morgan fingerprint density at radius 2 is 1.75 bits per heavy atom. The van der Waals surface area contributed by atoms with Crippen molar-refractivity contribution in [1.29, 1.82) is 0 Å². The molecule has 1 saturated carbocycles. The number of amides is 1. The van der Waals surface area contributed by atoms with Crippen LogP contribution in [0.25, 0.3) is 0 Å². The molecule has 5 heteroatoms. The van der Waals surface area contributed by atoms with Gasteiger partial charge in [-0.15, -0.1) is 11.8 Å². The Kier molecular flexibility index (Phi) is 6.15. The Labute approximate surface area is 131 Å². The molecule has 3 N–H and O–H groups in total. The van der Waals surface area contributed by atoms with Crippen LogP contribution in [0.3, 0.4) is 0 Å². The van der Waals surface area contributed by atoms with E-state index in [1.54, 1.807) is 11.8 Å². The van der Waals surface area contributed by atoms with Gasteiger partial charge in [0.25, 0.3) is 0 Å². The Morgan fingerprint density at radius 1 is 1.10 bits per heavy atom. The van der Waals surface area contributed by atoms with Gasteiger partial charge < -0.3 is 11.1 Å². The summed E-state index contributed by atoms with van der Waals surface area (Å²) in [5, 5.41) is 3.34. The highest BCUT2D eigenvalue weighted by molar-refractivity contribution is 8.00. The number of hydrogen-bond acceptors (Lipinski definition) is 3. The van der Waals surface area contributed by atoms with E-state index in [9.17, 15) is 4.79 Å². The largest absolute Gasteiger partial charge is 0.391 e. The molecule has 0 aromatic rings. The summed E-state index contributed by atoms with van der Waals surface area (Å²) in [5.74, 6) is 1.25. The van der Waals surface area contributed by atoms with Crippen LogP contribution >= 0.6 is 24.0 Å². The minimum atomic E-state index is -0.426. The molecule has 0 radical (unpaired) electrons. The molecule has 3 nitrogen and oxygen atoms in total. The monoisotopic (exact) mass is 314 g/mol. The fraction of sp³-hybridized carbons (Fsp3) is 0.867. The number of carbonyl (C=O) groups excluding carboxylic acids is 1. The number of carbonyl (C=O) groups is 1. The number of rotatable bonds is 3. The lowest BCUT2D eigenvalue weighted by molar-refractivity contribution is -0.122. The first-order valence-corrected chi connectivity index (χ1v) is 9.33. The average molecular weight is 315 g/mol. The number of nitrogens with two attached hydrogens (primary N) is 1. The third kappa shape index (κ3) is 4.10. The lowest BCUT2D eigenvalue weighted by Crippen LogP contribution is -2.58. The van der Waals surface area contributed by atoms with E-state index in [1.165, 1.54) is 25.7 Å². The molecular formula is C15H26N2OS2. The molecule has 2 fully saturated rings. The molecule has 0 spiro atoms. The zero-order valence-corrected chi connectivity index (χ0v) is 13.8. The fourth-order valence-electron chi connectivity index (χ4n) is 3.21. The van der Waals surface area contributed by atoms with Gasteiger partial charge in [-0.1, -0.05) is 50.7 Å². The van der Waals surface area contributed by atoms with Crippen molar-refractivity contribution in [3.8, 4) is 0 Å². The van der Waals surface area contributed by atoms with E-state index in [4.69, 9.17) is 18.0 Å². The van der Waals surface area contributed by atoms with Gasteiger partial charge in [0.2, 0.25) is 5.91 Å². The second-order valence-corrected chi connectivity index (χ2v) is 7.81. The molecule has 20 heavy (non-hydrogen) atoms. The van der Waals surface area contributed by atoms with E-state index < -0.39 is 5.54 Å². The maximum atomic E-state index is 12.5. The first kappa shape index (κ1) is 16.1. The first-order chi connectivity index (χ1) is 9.64. The molecule has 0 aromatic heterocycles. The van der Waals surface area contributed by atoms with Crippen LogP contribution in [0.4, 0.5) is 0 Å². The minimum absolute atomic E-state index is 0.0976. The van der Waals surface area contributed by atoms with Crippen LogP contribution < -0.4 is 11.1 Å². The summed E-state index contributed by atoms with van der Waals surface area (Å²) < 4.78 is 0. The van der Waals surface area contributed by atoms with Crippen LogP contribution in [0, 0.1) is 0 Å². The summed E-state index contributed by atoms with van der Waals surface area (Å²) in [6, 6.07) is 0. The topological polar surface area (TPSA) is 55.1 Å². The van der Waals surface area contributed by atoms with Gasteiger partial charge in [-0.2, -0.15) is 0 Å². The van der Waals surface area contributed by atoms with Gasteiger partial charge in [0, 0.05) is 0 Å². The zero-order valence-electron chi connectivity index (χ0n) is 12.2. The van der Waals surface area contributed by atoms with Crippen LogP contribution in [-0.4, -0.2) is 27.4 Å². The normalized spacial score (nSPS) is 27.1. The molecule has 0 aromatic carbocycles. The van der Waals surface area contributed by atoms with Crippen molar-refractivity contribution in [3.63, 3.8) is 0 Å². The number of hydrogen-bond donors (Lipinski definition) is 2. The quantitative estimate of drug-likeness (QED) is 0.786. The van der Waals surface area contributed by atoms with Crippen molar-refractivity contribution < 1.29 is 4.79 Å². The smallest absolute Gasteiger partial charge is 0.233 e. The van der Waals surface area contributed by atoms with Crippen molar-refractivity contribution in [3.05, 3.63) is 0 Å². The third-order valence-electron chi connectivity index (χ3n) is 4.51. The van der Waals surface area contributed by atoms with Gasteiger partial charge in [-0.3, -0.25) is 4.79 Å². The van der Waals surface area contributed by atoms with Crippen molar-refractivity contribution in [2.75, 3.05) is 5.75 Å². The molecule has 1 heterocycles. The van der Waals surface area contributed by atoms with E-state index in [1.807, 2.05) is 0 Å². The third-order valence-corrected chi connectivity index (χ3v) is 6.28. The molecule has 0 bridgehead atoms. The van der Waals surface area contributed by atoms with Gasteiger partial charge in [0.1, 0.15) is 0 Å². The number of thioether (sulfide) groups is 1. The summed E-state index contributed by atoms with van der Waals surface area (Å²) in [6.07, 6.45) is 11.1. The van der Waals surface area contributed by atoms with Gasteiger partial charge in [-0.05, 0) is 31.4 Å². The summed E-state index contributed by atoms with van der Waals surface area (Å²) in [5.41, 5.74) is 5.58. The van der Waals surface area contributed by atoms with Crippen molar-refractivity contribution in [1.82, 2.24) is 5.32 Å².